The lowest BCUT2D eigenvalue weighted by Crippen LogP contribution is -2.48. The highest BCUT2D eigenvalue weighted by Gasteiger charge is 2.27. The highest BCUT2D eigenvalue weighted by molar-refractivity contribution is 7.99. The predicted molar refractivity (Wildman–Crippen MR) is 106 cm³/mol. The molecule has 0 saturated heterocycles. The summed E-state index contributed by atoms with van der Waals surface area (Å²) in [6.07, 6.45) is 2.82. The number of aliphatic hydroxyl groups excluding tert-OH is 3. The molecule has 4 nitrogen and oxygen atoms in total. The molecule has 0 heterocycles. The van der Waals surface area contributed by atoms with Crippen LogP contribution in [0.4, 0.5) is 0 Å². The van der Waals surface area contributed by atoms with Crippen molar-refractivity contribution in [3.8, 4) is 0 Å². The van der Waals surface area contributed by atoms with Gasteiger partial charge in [-0.3, -0.25) is 0 Å². The second-order valence-electron chi connectivity index (χ2n) is 6.82. The maximum absolute atomic E-state index is 10.3. The second kappa shape index (κ2) is 10.1. The first-order valence-electron chi connectivity index (χ1n) is 9.05. The minimum Gasteiger partial charge on any atom is -0.394 e. The van der Waals surface area contributed by atoms with Crippen LogP contribution in [-0.2, 0) is 6.42 Å². The monoisotopic (exact) mass is 375 g/mol. The maximum Gasteiger partial charge on any atom is 0.0809 e. The highest BCUT2D eigenvalue weighted by atomic mass is 32.2. The predicted octanol–water partition coefficient (Wildman–Crippen LogP) is 3.29. The number of hydrogen-bond donors (Lipinski definition) is 4. The van der Waals surface area contributed by atoms with Crippen LogP contribution in [0.5, 0.6) is 0 Å². The molecule has 0 saturated carbocycles. The molecule has 2 aromatic rings. The fourth-order valence-corrected chi connectivity index (χ4v) is 3.50. The summed E-state index contributed by atoms with van der Waals surface area (Å²) >= 11 is 1.68. The number of unbranched alkanes of at least 4 members (excludes halogenated alkanes) is 1. The third-order valence-corrected chi connectivity index (χ3v) is 5.49. The van der Waals surface area contributed by atoms with Gasteiger partial charge in [-0.2, -0.15) is 0 Å². The molecule has 0 radical (unpaired) electrons. The Morgan fingerprint density at radius 1 is 0.962 bits per heavy atom. The molecule has 0 aliphatic rings. The van der Waals surface area contributed by atoms with E-state index in [-0.39, 0.29) is 19.6 Å². The van der Waals surface area contributed by atoms with Gasteiger partial charge in [-0.15, -0.1) is 0 Å². The Kier molecular flexibility index (Phi) is 8.13. The van der Waals surface area contributed by atoms with Crippen LogP contribution in [0.1, 0.15) is 43.4 Å². The summed E-state index contributed by atoms with van der Waals surface area (Å²) in [4.78, 5) is 2.27. The van der Waals surface area contributed by atoms with E-state index in [0.717, 1.165) is 16.9 Å². The van der Waals surface area contributed by atoms with Gasteiger partial charge in [0.1, 0.15) is 0 Å². The van der Waals surface area contributed by atoms with Crippen molar-refractivity contribution in [1.82, 2.24) is 0 Å². The largest absolute Gasteiger partial charge is 0.394 e. The van der Waals surface area contributed by atoms with Gasteiger partial charge in [0.15, 0.2) is 0 Å². The van der Waals surface area contributed by atoms with Gasteiger partial charge in [0.05, 0.1) is 24.9 Å². The molecule has 2 aromatic carbocycles. The van der Waals surface area contributed by atoms with Gasteiger partial charge < -0.3 is 21.1 Å². The van der Waals surface area contributed by atoms with E-state index in [2.05, 4.69) is 31.2 Å². The zero-order valence-corrected chi connectivity index (χ0v) is 16.1. The third-order valence-electron chi connectivity index (χ3n) is 4.47. The average molecular weight is 376 g/mol. The summed E-state index contributed by atoms with van der Waals surface area (Å²) in [5.41, 5.74) is 6.76. The lowest BCUT2D eigenvalue weighted by molar-refractivity contribution is 0.0618. The van der Waals surface area contributed by atoms with Gasteiger partial charge in [0, 0.05) is 9.79 Å². The minimum absolute atomic E-state index is 0.103. The summed E-state index contributed by atoms with van der Waals surface area (Å²) in [6, 6.07) is 16.3. The maximum atomic E-state index is 10.3. The zero-order valence-electron chi connectivity index (χ0n) is 15.3. The van der Waals surface area contributed by atoms with Gasteiger partial charge in [-0.1, -0.05) is 49.4 Å². The molecule has 5 heteroatoms. The van der Waals surface area contributed by atoms with E-state index in [0.29, 0.717) is 0 Å². The summed E-state index contributed by atoms with van der Waals surface area (Å²) in [5.74, 6) is 0. The molecule has 0 aliphatic heterocycles. The molecular weight excluding hydrogens is 346 g/mol. The Balaban J connectivity index is 1.96. The highest BCUT2D eigenvalue weighted by Crippen LogP contribution is 2.30. The van der Waals surface area contributed by atoms with E-state index in [1.165, 1.54) is 23.3 Å². The van der Waals surface area contributed by atoms with Crippen LogP contribution in [0.15, 0.2) is 58.3 Å². The van der Waals surface area contributed by atoms with E-state index in [4.69, 9.17) is 5.73 Å². The number of hydrogen-bond acceptors (Lipinski definition) is 5. The SMILES string of the molecule is CCCCc1ccc(Sc2ccc(C(O)CC(N)(CO)CO)cc2)cc1. The molecule has 0 aromatic heterocycles. The standard InChI is InChI=1S/C21H29NO3S/c1-2-3-4-16-5-9-18(10-6-16)26-19-11-7-17(8-12-19)20(25)13-21(22,14-23)15-24/h5-12,20,23-25H,2-4,13-15,22H2,1H3. The van der Waals surface area contributed by atoms with Crippen molar-refractivity contribution < 1.29 is 15.3 Å². The average Bonchev–Trinajstić information content (AvgIpc) is 2.68. The van der Waals surface area contributed by atoms with E-state index in [1.807, 2.05) is 24.3 Å². The third kappa shape index (κ3) is 6.11. The van der Waals surface area contributed by atoms with Crippen molar-refractivity contribution in [2.45, 2.75) is 54.0 Å². The first-order valence-corrected chi connectivity index (χ1v) is 9.87. The number of aryl methyl sites for hydroxylation is 1. The Morgan fingerprint density at radius 2 is 1.50 bits per heavy atom. The van der Waals surface area contributed by atoms with Crippen molar-refractivity contribution in [1.29, 1.82) is 0 Å². The van der Waals surface area contributed by atoms with Crippen molar-refractivity contribution in [3.63, 3.8) is 0 Å². The topological polar surface area (TPSA) is 86.7 Å². The Bertz CT molecular complexity index is 654. The van der Waals surface area contributed by atoms with E-state index in [1.54, 1.807) is 11.8 Å². The molecule has 0 fully saturated rings. The van der Waals surface area contributed by atoms with Crippen LogP contribution >= 0.6 is 11.8 Å². The summed E-state index contributed by atoms with van der Waals surface area (Å²) in [7, 11) is 0. The zero-order chi connectivity index (χ0) is 19.0. The van der Waals surface area contributed by atoms with Gasteiger partial charge in [0.25, 0.3) is 0 Å². The van der Waals surface area contributed by atoms with Gasteiger partial charge in [-0.05, 0) is 54.7 Å². The van der Waals surface area contributed by atoms with Gasteiger partial charge in [0.2, 0.25) is 0 Å². The van der Waals surface area contributed by atoms with Crippen LogP contribution in [0, 0.1) is 0 Å². The van der Waals surface area contributed by atoms with Crippen LogP contribution in [0.25, 0.3) is 0 Å². The van der Waals surface area contributed by atoms with Gasteiger partial charge in [-0.25, -0.2) is 0 Å². The molecule has 1 atom stereocenters. The normalized spacial score (nSPS) is 13.0. The van der Waals surface area contributed by atoms with Crippen LogP contribution in [0.3, 0.4) is 0 Å². The van der Waals surface area contributed by atoms with E-state index in [9.17, 15) is 15.3 Å². The molecule has 0 bridgehead atoms. The lowest BCUT2D eigenvalue weighted by Gasteiger charge is -2.27. The van der Waals surface area contributed by atoms with Crippen LogP contribution < -0.4 is 5.73 Å². The quantitative estimate of drug-likeness (QED) is 0.512. The molecule has 0 spiro atoms. The van der Waals surface area contributed by atoms with Crippen LogP contribution in [-0.4, -0.2) is 34.1 Å². The summed E-state index contributed by atoms with van der Waals surface area (Å²) in [6.45, 7) is 1.46. The molecule has 142 valence electrons. The van der Waals surface area contributed by atoms with Gasteiger partial charge >= 0.3 is 0 Å². The Morgan fingerprint density at radius 3 is 2.00 bits per heavy atom. The number of nitrogens with two attached hydrogens (primary N) is 1. The number of rotatable bonds is 10. The first-order chi connectivity index (χ1) is 12.5. The first kappa shape index (κ1) is 20.9. The van der Waals surface area contributed by atoms with Crippen molar-refractivity contribution in [2.75, 3.05) is 13.2 Å². The number of aliphatic hydroxyl groups is 3. The van der Waals surface area contributed by atoms with E-state index < -0.39 is 11.6 Å². The second-order valence-corrected chi connectivity index (χ2v) is 7.96. The fraction of sp³-hybridized carbons (Fsp3) is 0.429. The number of benzene rings is 2. The van der Waals surface area contributed by atoms with Crippen molar-refractivity contribution in [3.05, 3.63) is 59.7 Å². The fourth-order valence-electron chi connectivity index (χ4n) is 2.68. The van der Waals surface area contributed by atoms with Crippen molar-refractivity contribution >= 4 is 11.8 Å². The van der Waals surface area contributed by atoms with Crippen molar-refractivity contribution in [2.24, 2.45) is 5.73 Å². The Hall–Kier alpha value is -1.37. The molecule has 0 aliphatic carbocycles. The van der Waals surface area contributed by atoms with E-state index >= 15 is 0 Å². The molecular formula is C21H29NO3S. The molecule has 0 amide bonds. The lowest BCUT2D eigenvalue weighted by atomic mass is 9.92. The minimum atomic E-state index is -1.17. The molecule has 2 rings (SSSR count). The Labute approximate surface area is 160 Å². The molecule has 26 heavy (non-hydrogen) atoms. The summed E-state index contributed by atoms with van der Waals surface area (Å²) < 4.78 is 0. The smallest absolute Gasteiger partial charge is 0.0809 e. The summed E-state index contributed by atoms with van der Waals surface area (Å²) in [5, 5.41) is 28.8. The molecule has 1 unspecified atom stereocenters. The van der Waals surface area contributed by atoms with Crippen LogP contribution in [0.2, 0.25) is 0 Å². The molecule has 5 N–H and O–H groups in total.